The first-order valence-corrected chi connectivity index (χ1v) is 8.48. The van der Waals surface area contributed by atoms with Crippen LogP contribution in [0.5, 0.6) is 0 Å². The number of hydrogen-bond acceptors (Lipinski definition) is 3. The highest BCUT2D eigenvalue weighted by molar-refractivity contribution is 6.31. The summed E-state index contributed by atoms with van der Waals surface area (Å²) in [4.78, 5) is 6.95. The zero-order valence-corrected chi connectivity index (χ0v) is 14.1. The Bertz CT molecular complexity index is 659. The van der Waals surface area contributed by atoms with Gasteiger partial charge in [-0.05, 0) is 49.9 Å². The molecule has 1 aliphatic heterocycles. The van der Waals surface area contributed by atoms with Gasteiger partial charge in [-0.3, -0.25) is 4.98 Å². The Kier molecular flexibility index (Phi) is 4.84. The Labute approximate surface area is 137 Å². The van der Waals surface area contributed by atoms with E-state index in [2.05, 4.69) is 29.8 Å². The van der Waals surface area contributed by atoms with Gasteiger partial charge < -0.3 is 9.64 Å². The second-order valence-electron chi connectivity index (χ2n) is 6.03. The highest BCUT2D eigenvalue weighted by Gasteiger charge is 2.22. The molecule has 1 saturated heterocycles. The van der Waals surface area contributed by atoms with E-state index in [4.69, 9.17) is 16.3 Å². The van der Waals surface area contributed by atoms with Gasteiger partial charge >= 0.3 is 0 Å². The third-order valence-electron chi connectivity index (χ3n) is 4.25. The molecule has 1 aromatic heterocycles. The minimum Gasteiger partial charge on any atom is -0.376 e. The van der Waals surface area contributed by atoms with Crippen LogP contribution in [0.15, 0.2) is 24.4 Å². The second-order valence-corrected chi connectivity index (χ2v) is 6.47. The van der Waals surface area contributed by atoms with Crippen molar-refractivity contribution in [3.05, 3.63) is 35.0 Å². The zero-order chi connectivity index (χ0) is 15.5. The molecule has 3 nitrogen and oxygen atoms in total. The number of pyridine rings is 1. The van der Waals surface area contributed by atoms with E-state index in [-0.39, 0.29) is 0 Å². The number of ether oxygens (including phenoxy) is 1. The third-order valence-corrected chi connectivity index (χ3v) is 4.47. The monoisotopic (exact) mass is 318 g/mol. The summed E-state index contributed by atoms with van der Waals surface area (Å²) in [7, 11) is 0. The van der Waals surface area contributed by atoms with Gasteiger partial charge in [0.15, 0.2) is 0 Å². The number of aryl methyl sites for hydroxylation is 1. The number of piperidine rings is 1. The summed E-state index contributed by atoms with van der Waals surface area (Å²) in [6, 6.07) is 6.10. The Morgan fingerprint density at radius 1 is 1.41 bits per heavy atom. The standard InChI is InChI=1S/C18H23ClN2O/c1-3-9-22-15-5-4-8-21(12-15)17-6-7-20-18-13(2)10-14(19)11-16(17)18/h6-7,10-11,15H,3-5,8-9,12H2,1-2H3. The van der Waals surface area contributed by atoms with Crippen molar-refractivity contribution in [3.8, 4) is 0 Å². The minimum absolute atomic E-state index is 0.331. The van der Waals surface area contributed by atoms with Crippen molar-refractivity contribution in [1.29, 1.82) is 0 Å². The summed E-state index contributed by atoms with van der Waals surface area (Å²) >= 11 is 6.26. The Morgan fingerprint density at radius 2 is 2.27 bits per heavy atom. The van der Waals surface area contributed by atoms with E-state index < -0.39 is 0 Å². The fraction of sp³-hybridized carbons (Fsp3) is 0.500. The quantitative estimate of drug-likeness (QED) is 0.824. The summed E-state index contributed by atoms with van der Waals surface area (Å²) in [5.41, 5.74) is 3.39. The van der Waals surface area contributed by atoms with Crippen molar-refractivity contribution >= 4 is 28.2 Å². The maximum absolute atomic E-state index is 6.26. The number of anilines is 1. The molecular formula is C18H23ClN2O. The van der Waals surface area contributed by atoms with Crippen molar-refractivity contribution in [2.24, 2.45) is 0 Å². The van der Waals surface area contributed by atoms with Crippen molar-refractivity contribution in [3.63, 3.8) is 0 Å². The van der Waals surface area contributed by atoms with Gasteiger partial charge in [0.05, 0.1) is 11.6 Å². The van der Waals surface area contributed by atoms with Gasteiger partial charge in [-0.25, -0.2) is 0 Å². The van der Waals surface area contributed by atoms with Crippen LogP contribution in [-0.4, -0.2) is 30.8 Å². The normalized spacial score (nSPS) is 18.9. The number of benzene rings is 1. The predicted octanol–water partition coefficient (Wildman–Crippen LogP) is 4.59. The number of fused-ring (bicyclic) bond motifs is 1. The maximum Gasteiger partial charge on any atom is 0.0752 e. The second kappa shape index (κ2) is 6.84. The molecule has 0 radical (unpaired) electrons. The molecule has 1 atom stereocenters. The summed E-state index contributed by atoms with van der Waals surface area (Å²) < 4.78 is 5.96. The molecule has 0 aliphatic carbocycles. The summed E-state index contributed by atoms with van der Waals surface area (Å²) in [5, 5.41) is 1.92. The first kappa shape index (κ1) is 15.6. The first-order valence-electron chi connectivity index (χ1n) is 8.10. The van der Waals surface area contributed by atoms with Crippen molar-refractivity contribution < 1.29 is 4.74 Å². The number of hydrogen-bond donors (Lipinski definition) is 0. The topological polar surface area (TPSA) is 25.4 Å². The molecule has 1 unspecified atom stereocenters. The SMILES string of the molecule is CCCOC1CCCN(c2ccnc3c(C)cc(Cl)cc23)C1. The molecule has 2 heterocycles. The molecule has 1 aliphatic rings. The number of nitrogens with zero attached hydrogens (tertiary/aromatic N) is 2. The first-order chi connectivity index (χ1) is 10.7. The lowest BCUT2D eigenvalue weighted by molar-refractivity contribution is 0.0441. The Morgan fingerprint density at radius 3 is 3.09 bits per heavy atom. The average molecular weight is 319 g/mol. The van der Waals surface area contributed by atoms with Gasteiger partial charge in [-0.2, -0.15) is 0 Å². The van der Waals surface area contributed by atoms with Gasteiger partial charge in [0.1, 0.15) is 0 Å². The number of halogens is 1. The molecule has 2 aromatic rings. The molecule has 4 heteroatoms. The molecule has 1 fully saturated rings. The lowest BCUT2D eigenvalue weighted by atomic mass is 10.0. The van der Waals surface area contributed by atoms with Gasteiger partial charge in [0, 0.05) is 42.0 Å². The van der Waals surface area contributed by atoms with Crippen LogP contribution in [0, 0.1) is 6.92 Å². The van der Waals surface area contributed by atoms with Crippen LogP contribution in [0.4, 0.5) is 5.69 Å². The molecule has 3 rings (SSSR count). The molecule has 1 aromatic carbocycles. The van der Waals surface area contributed by atoms with E-state index in [1.807, 2.05) is 18.3 Å². The maximum atomic E-state index is 6.26. The number of rotatable bonds is 4. The Hall–Kier alpha value is -1.32. The number of aromatic nitrogens is 1. The molecule has 0 amide bonds. The summed E-state index contributed by atoms with van der Waals surface area (Å²) in [6.45, 7) is 7.08. The fourth-order valence-corrected chi connectivity index (χ4v) is 3.50. The van der Waals surface area contributed by atoms with Crippen LogP contribution in [-0.2, 0) is 4.74 Å². The molecule has 22 heavy (non-hydrogen) atoms. The lowest BCUT2D eigenvalue weighted by Gasteiger charge is -2.35. The molecule has 0 bridgehead atoms. The predicted molar refractivity (Wildman–Crippen MR) is 93.0 cm³/mol. The van der Waals surface area contributed by atoms with Gasteiger partial charge in [-0.1, -0.05) is 18.5 Å². The molecule has 118 valence electrons. The molecule has 0 spiro atoms. The van der Waals surface area contributed by atoms with E-state index in [9.17, 15) is 0 Å². The van der Waals surface area contributed by atoms with Crippen molar-refractivity contribution in [1.82, 2.24) is 4.98 Å². The smallest absolute Gasteiger partial charge is 0.0752 e. The van der Waals surface area contributed by atoms with E-state index in [0.29, 0.717) is 6.10 Å². The van der Waals surface area contributed by atoms with E-state index in [0.717, 1.165) is 60.4 Å². The van der Waals surface area contributed by atoms with Crippen molar-refractivity contribution in [2.45, 2.75) is 39.2 Å². The van der Waals surface area contributed by atoms with E-state index in [1.165, 1.54) is 5.69 Å². The zero-order valence-electron chi connectivity index (χ0n) is 13.3. The van der Waals surface area contributed by atoms with E-state index >= 15 is 0 Å². The average Bonchev–Trinajstić information content (AvgIpc) is 2.52. The molecule has 0 N–H and O–H groups in total. The Balaban J connectivity index is 1.92. The van der Waals surface area contributed by atoms with Crippen LogP contribution in [0.2, 0.25) is 5.02 Å². The molecular weight excluding hydrogens is 296 g/mol. The van der Waals surface area contributed by atoms with Crippen LogP contribution < -0.4 is 4.90 Å². The van der Waals surface area contributed by atoms with Crippen LogP contribution in [0.25, 0.3) is 10.9 Å². The van der Waals surface area contributed by atoms with Crippen molar-refractivity contribution in [2.75, 3.05) is 24.6 Å². The highest BCUT2D eigenvalue weighted by Crippen LogP contribution is 2.32. The van der Waals surface area contributed by atoms with Crippen LogP contribution in [0.1, 0.15) is 31.7 Å². The third kappa shape index (κ3) is 3.21. The van der Waals surface area contributed by atoms with Gasteiger partial charge in [0.25, 0.3) is 0 Å². The highest BCUT2D eigenvalue weighted by atomic mass is 35.5. The lowest BCUT2D eigenvalue weighted by Crippen LogP contribution is -2.40. The largest absolute Gasteiger partial charge is 0.376 e. The fourth-order valence-electron chi connectivity index (χ4n) is 3.23. The minimum atomic E-state index is 0.331. The van der Waals surface area contributed by atoms with Gasteiger partial charge in [0.2, 0.25) is 0 Å². The van der Waals surface area contributed by atoms with E-state index in [1.54, 1.807) is 0 Å². The summed E-state index contributed by atoms with van der Waals surface area (Å²) in [5.74, 6) is 0. The molecule has 0 saturated carbocycles. The van der Waals surface area contributed by atoms with Crippen LogP contribution >= 0.6 is 11.6 Å². The van der Waals surface area contributed by atoms with Crippen LogP contribution in [0.3, 0.4) is 0 Å². The summed E-state index contributed by atoms with van der Waals surface area (Å²) in [6.07, 6.45) is 5.62. The van der Waals surface area contributed by atoms with Gasteiger partial charge in [-0.15, -0.1) is 0 Å².